The van der Waals surface area contributed by atoms with Gasteiger partial charge in [0.05, 0.1) is 22.8 Å². The Labute approximate surface area is 158 Å². The summed E-state index contributed by atoms with van der Waals surface area (Å²) in [7, 11) is -3.99. The summed E-state index contributed by atoms with van der Waals surface area (Å²) >= 11 is 0. The van der Waals surface area contributed by atoms with Crippen molar-refractivity contribution < 1.29 is 26.3 Å². The van der Waals surface area contributed by atoms with Crippen molar-refractivity contribution in [3.05, 3.63) is 66.9 Å². The second-order valence-electron chi connectivity index (χ2n) is 5.44. The van der Waals surface area contributed by atoms with Crippen molar-refractivity contribution >= 4 is 10.0 Å². The molecule has 2 heterocycles. The van der Waals surface area contributed by atoms with E-state index in [0.717, 1.165) is 24.3 Å². The zero-order chi connectivity index (χ0) is 20.2. The first-order valence-electron chi connectivity index (χ1n) is 7.80. The van der Waals surface area contributed by atoms with Gasteiger partial charge in [-0.2, -0.15) is 0 Å². The minimum absolute atomic E-state index is 0.165. The molecule has 1 N–H and O–H groups in total. The molecule has 0 bridgehead atoms. The smallest absolute Gasteiger partial charge is 0.406 e. The van der Waals surface area contributed by atoms with Gasteiger partial charge in [0.2, 0.25) is 10.0 Å². The molecule has 0 radical (unpaired) electrons. The van der Waals surface area contributed by atoms with E-state index in [1.54, 1.807) is 24.5 Å². The highest BCUT2D eigenvalue weighted by molar-refractivity contribution is 7.89. The van der Waals surface area contributed by atoms with Crippen LogP contribution in [0, 0.1) is 0 Å². The van der Waals surface area contributed by atoms with Gasteiger partial charge in [-0.3, -0.25) is 15.0 Å². The van der Waals surface area contributed by atoms with Gasteiger partial charge in [-0.15, -0.1) is 13.2 Å². The van der Waals surface area contributed by atoms with E-state index >= 15 is 0 Å². The molecule has 146 valence electrons. The number of hydrogen-bond acceptors (Lipinski definition) is 6. The third kappa shape index (κ3) is 5.02. The highest BCUT2D eigenvalue weighted by Crippen LogP contribution is 2.24. The predicted molar refractivity (Wildman–Crippen MR) is 92.4 cm³/mol. The van der Waals surface area contributed by atoms with E-state index in [1.807, 2.05) is 0 Å². The Bertz CT molecular complexity index is 1040. The van der Waals surface area contributed by atoms with E-state index in [2.05, 4.69) is 24.4 Å². The van der Waals surface area contributed by atoms with Crippen LogP contribution in [0.25, 0.3) is 11.3 Å². The standard InChI is InChI=1S/C17H13F3N4O3S/c18-17(19,20)27-13-3-5-14(6-4-13)28(25,26)24-11-15-16(23-9-8-22-15)12-2-1-7-21-10-12/h1-10,24H,11H2. The lowest BCUT2D eigenvalue weighted by atomic mass is 10.1. The summed E-state index contributed by atoms with van der Waals surface area (Å²) in [6, 6.07) is 7.35. The molecule has 2 aromatic heterocycles. The highest BCUT2D eigenvalue weighted by Gasteiger charge is 2.31. The minimum atomic E-state index is -4.85. The Morgan fingerprint density at radius 2 is 1.71 bits per heavy atom. The number of nitrogens with one attached hydrogen (secondary N) is 1. The van der Waals surface area contributed by atoms with E-state index in [-0.39, 0.29) is 11.4 Å². The Kier molecular flexibility index (Phi) is 5.56. The number of pyridine rings is 1. The first kappa shape index (κ1) is 19.7. The average Bonchev–Trinajstić information content (AvgIpc) is 2.66. The van der Waals surface area contributed by atoms with Crippen LogP contribution in [0.3, 0.4) is 0 Å². The van der Waals surface area contributed by atoms with Crippen LogP contribution in [0.15, 0.2) is 66.1 Å². The van der Waals surface area contributed by atoms with Crippen molar-refractivity contribution in [2.75, 3.05) is 0 Å². The van der Waals surface area contributed by atoms with E-state index < -0.39 is 22.1 Å². The molecule has 0 amide bonds. The summed E-state index contributed by atoms with van der Waals surface area (Å²) in [5.74, 6) is -0.515. The lowest BCUT2D eigenvalue weighted by Gasteiger charge is -2.11. The molecule has 0 aliphatic heterocycles. The van der Waals surface area contributed by atoms with Gasteiger partial charge in [0.1, 0.15) is 5.75 Å². The monoisotopic (exact) mass is 410 g/mol. The van der Waals surface area contributed by atoms with Crippen molar-refractivity contribution in [1.29, 1.82) is 0 Å². The molecule has 0 saturated carbocycles. The number of sulfonamides is 1. The Morgan fingerprint density at radius 3 is 2.36 bits per heavy atom. The van der Waals surface area contributed by atoms with Gasteiger partial charge in [0.25, 0.3) is 0 Å². The summed E-state index contributed by atoms with van der Waals surface area (Å²) in [5.41, 5.74) is 1.50. The molecule has 0 saturated heterocycles. The van der Waals surface area contributed by atoms with E-state index in [4.69, 9.17) is 0 Å². The van der Waals surface area contributed by atoms with Crippen LogP contribution in [0.1, 0.15) is 5.69 Å². The molecule has 3 rings (SSSR count). The van der Waals surface area contributed by atoms with Crippen molar-refractivity contribution in [3.8, 4) is 17.0 Å². The number of aromatic nitrogens is 3. The van der Waals surface area contributed by atoms with Gasteiger partial charge in [-0.05, 0) is 36.4 Å². The average molecular weight is 410 g/mol. The number of benzene rings is 1. The zero-order valence-corrected chi connectivity index (χ0v) is 14.9. The van der Waals surface area contributed by atoms with Gasteiger partial charge in [-0.1, -0.05) is 0 Å². The molecule has 0 aliphatic carbocycles. The summed E-state index contributed by atoms with van der Waals surface area (Å²) in [6.45, 7) is -0.165. The molecule has 1 aromatic carbocycles. The summed E-state index contributed by atoms with van der Waals surface area (Å²) in [6.07, 6.45) is 1.20. The summed E-state index contributed by atoms with van der Waals surface area (Å²) in [4.78, 5) is 12.1. The Balaban J connectivity index is 1.76. The maximum absolute atomic E-state index is 12.4. The lowest BCUT2D eigenvalue weighted by Crippen LogP contribution is -2.24. The number of hydrogen-bond donors (Lipinski definition) is 1. The molecule has 3 aromatic rings. The molecule has 28 heavy (non-hydrogen) atoms. The van der Waals surface area contributed by atoms with Gasteiger partial charge in [0, 0.05) is 30.4 Å². The molecule has 0 unspecified atom stereocenters. The predicted octanol–water partition coefficient (Wildman–Crippen LogP) is 2.92. The molecular weight excluding hydrogens is 397 g/mol. The van der Waals surface area contributed by atoms with Gasteiger partial charge >= 0.3 is 6.36 Å². The fourth-order valence-corrected chi connectivity index (χ4v) is 3.30. The third-order valence-corrected chi connectivity index (χ3v) is 4.92. The number of rotatable bonds is 6. The third-order valence-electron chi connectivity index (χ3n) is 3.51. The van der Waals surface area contributed by atoms with Crippen LogP contribution in [-0.4, -0.2) is 29.7 Å². The largest absolute Gasteiger partial charge is 0.573 e. The van der Waals surface area contributed by atoms with Gasteiger partial charge in [0.15, 0.2) is 0 Å². The molecule has 0 fully saturated rings. The number of alkyl halides is 3. The molecular formula is C17H13F3N4O3S. The van der Waals surface area contributed by atoms with Crippen molar-refractivity contribution in [2.45, 2.75) is 17.8 Å². The molecule has 0 spiro atoms. The van der Waals surface area contributed by atoms with E-state index in [1.165, 1.54) is 12.4 Å². The summed E-state index contributed by atoms with van der Waals surface area (Å²) < 4.78 is 67.5. The topological polar surface area (TPSA) is 94.1 Å². The van der Waals surface area contributed by atoms with Crippen LogP contribution >= 0.6 is 0 Å². The fraction of sp³-hybridized carbons (Fsp3) is 0.118. The molecule has 0 aliphatic rings. The lowest BCUT2D eigenvalue weighted by molar-refractivity contribution is -0.274. The summed E-state index contributed by atoms with van der Waals surface area (Å²) in [5, 5.41) is 0. The molecule has 11 heteroatoms. The number of ether oxygens (including phenoxy) is 1. The van der Waals surface area contributed by atoms with Crippen LogP contribution in [0.5, 0.6) is 5.75 Å². The number of halogens is 3. The fourth-order valence-electron chi connectivity index (χ4n) is 2.31. The van der Waals surface area contributed by atoms with Crippen molar-refractivity contribution in [3.63, 3.8) is 0 Å². The van der Waals surface area contributed by atoms with Gasteiger partial charge in [-0.25, -0.2) is 13.1 Å². The SMILES string of the molecule is O=S(=O)(NCc1nccnc1-c1cccnc1)c1ccc(OC(F)(F)F)cc1. The molecule has 7 nitrogen and oxygen atoms in total. The Morgan fingerprint density at radius 1 is 1.00 bits per heavy atom. The maximum atomic E-state index is 12.4. The van der Waals surface area contributed by atoms with Crippen molar-refractivity contribution in [2.24, 2.45) is 0 Å². The van der Waals surface area contributed by atoms with Crippen molar-refractivity contribution in [1.82, 2.24) is 19.7 Å². The second-order valence-corrected chi connectivity index (χ2v) is 7.20. The minimum Gasteiger partial charge on any atom is -0.406 e. The first-order valence-corrected chi connectivity index (χ1v) is 9.29. The highest BCUT2D eigenvalue weighted by atomic mass is 32.2. The second kappa shape index (κ2) is 7.90. The van der Waals surface area contributed by atoms with E-state index in [9.17, 15) is 21.6 Å². The van der Waals surface area contributed by atoms with E-state index in [0.29, 0.717) is 17.0 Å². The normalized spacial score (nSPS) is 12.0. The van der Waals surface area contributed by atoms with Crippen LogP contribution in [-0.2, 0) is 16.6 Å². The quantitative estimate of drug-likeness (QED) is 0.672. The Hall–Kier alpha value is -3.05. The van der Waals surface area contributed by atoms with Crippen LogP contribution in [0.4, 0.5) is 13.2 Å². The zero-order valence-electron chi connectivity index (χ0n) is 14.1. The number of nitrogens with zero attached hydrogens (tertiary/aromatic N) is 3. The van der Waals surface area contributed by atoms with Gasteiger partial charge < -0.3 is 4.74 Å². The first-order chi connectivity index (χ1) is 13.2. The maximum Gasteiger partial charge on any atom is 0.573 e. The molecule has 0 atom stereocenters. The van der Waals surface area contributed by atoms with Crippen LogP contribution in [0.2, 0.25) is 0 Å². The van der Waals surface area contributed by atoms with Crippen LogP contribution < -0.4 is 9.46 Å².